The van der Waals surface area contributed by atoms with E-state index in [9.17, 15) is 13.2 Å². The van der Waals surface area contributed by atoms with Crippen molar-refractivity contribution in [1.82, 2.24) is 18.8 Å². The normalized spacial score (nSPS) is 25.1. The quantitative estimate of drug-likeness (QED) is 0.683. The van der Waals surface area contributed by atoms with Crippen LogP contribution in [0, 0.1) is 0 Å². The number of fused-ring (bicyclic) bond motifs is 2. The van der Waals surface area contributed by atoms with Crippen LogP contribution in [0.1, 0.15) is 38.4 Å². The molecule has 9 nitrogen and oxygen atoms in total. The Bertz CT molecular complexity index is 825. The number of imidazole rings is 1. The zero-order valence-corrected chi connectivity index (χ0v) is 17.8. The Kier molecular flexibility index (Phi) is 5.97. The molecule has 0 saturated carbocycles. The van der Waals surface area contributed by atoms with Crippen LogP contribution in [0.4, 0.5) is 0 Å². The monoisotopic (exact) mass is 426 g/mol. The second kappa shape index (κ2) is 8.33. The summed E-state index contributed by atoms with van der Waals surface area (Å²) in [6.45, 7) is 5.44. The molecule has 4 heterocycles. The lowest BCUT2D eigenvalue weighted by Gasteiger charge is -2.46. The third-order valence-electron chi connectivity index (χ3n) is 6.13. The van der Waals surface area contributed by atoms with Crippen molar-refractivity contribution < 1.29 is 22.7 Å². The maximum Gasteiger partial charge on any atom is 0.253 e. The van der Waals surface area contributed by atoms with Crippen molar-refractivity contribution in [3.05, 3.63) is 18.2 Å². The molecule has 1 spiro atoms. The van der Waals surface area contributed by atoms with Crippen LogP contribution < -0.4 is 0 Å². The second-order valence-electron chi connectivity index (χ2n) is 8.01. The summed E-state index contributed by atoms with van der Waals surface area (Å²) in [6.07, 6.45) is 5.54. The van der Waals surface area contributed by atoms with Crippen LogP contribution in [0.5, 0.6) is 0 Å². The molecule has 2 saturated heterocycles. The molecule has 0 radical (unpaired) electrons. The van der Waals surface area contributed by atoms with E-state index in [1.165, 1.54) is 0 Å². The SMILES string of the molecule is CCCCS(=O)(=O)N1CCC2(CC1)OC(C(=O)N1CCOCC1)Cn1ccnc12. The van der Waals surface area contributed by atoms with Crippen LogP contribution in [0.15, 0.2) is 12.4 Å². The summed E-state index contributed by atoms with van der Waals surface area (Å²) in [4.78, 5) is 19.4. The highest BCUT2D eigenvalue weighted by Gasteiger charge is 2.49. The van der Waals surface area contributed by atoms with Gasteiger partial charge in [-0.1, -0.05) is 13.3 Å². The number of aromatic nitrogens is 2. The van der Waals surface area contributed by atoms with Crippen LogP contribution in [-0.4, -0.2) is 84.3 Å². The van der Waals surface area contributed by atoms with E-state index in [1.807, 2.05) is 17.7 Å². The van der Waals surface area contributed by atoms with Gasteiger partial charge in [-0.25, -0.2) is 17.7 Å². The van der Waals surface area contributed by atoms with Gasteiger partial charge in [0.2, 0.25) is 10.0 Å². The molecule has 10 heteroatoms. The summed E-state index contributed by atoms with van der Waals surface area (Å²) in [7, 11) is -3.25. The van der Waals surface area contributed by atoms with Gasteiger partial charge in [-0.2, -0.15) is 0 Å². The average Bonchev–Trinajstić information content (AvgIpc) is 3.22. The molecule has 1 unspecified atom stereocenters. The molecule has 3 aliphatic heterocycles. The van der Waals surface area contributed by atoms with Crippen LogP contribution in [0.3, 0.4) is 0 Å². The van der Waals surface area contributed by atoms with E-state index in [0.717, 1.165) is 12.2 Å². The first-order chi connectivity index (χ1) is 14.0. The predicted molar refractivity (Wildman–Crippen MR) is 106 cm³/mol. The standard InChI is InChI=1S/C19H30N4O5S/c1-2-3-14-29(25,26)23-7-4-19(5-8-23)18-20-6-9-22(18)15-16(28-19)17(24)21-10-12-27-13-11-21/h6,9,16H,2-5,7-8,10-15H2,1H3. The summed E-state index contributed by atoms with van der Waals surface area (Å²) in [5.74, 6) is 0.962. The number of unbranched alkanes of at least 4 members (excludes halogenated alkanes) is 1. The largest absolute Gasteiger partial charge is 0.378 e. The van der Waals surface area contributed by atoms with Crippen LogP contribution in [0.25, 0.3) is 0 Å². The number of nitrogens with zero attached hydrogens (tertiary/aromatic N) is 4. The minimum absolute atomic E-state index is 0.0231. The molecule has 0 bridgehead atoms. The first-order valence-electron chi connectivity index (χ1n) is 10.5. The van der Waals surface area contributed by atoms with Crippen LogP contribution in [0.2, 0.25) is 0 Å². The van der Waals surface area contributed by atoms with E-state index < -0.39 is 21.7 Å². The fraction of sp³-hybridized carbons (Fsp3) is 0.789. The van der Waals surface area contributed by atoms with Crippen molar-refractivity contribution in [3.63, 3.8) is 0 Å². The lowest BCUT2D eigenvalue weighted by Crippen LogP contribution is -2.56. The van der Waals surface area contributed by atoms with Crippen LogP contribution in [-0.2, 0) is 36.4 Å². The Hall–Kier alpha value is -1.49. The van der Waals surface area contributed by atoms with E-state index in [-0.39, 0.29) is 11.7 Å². The summed E-state index contributed by atoms with van der Waals surface area (Å²) in [5, 5.41) is 0. The average molecular weight is 427 g/mol. The Labute approximate surface area is 172 Å². The molecule has 2 fully saturated rings. The topological polar surface area (TPSA) is 94.0 Å². The van der Waals surface area contributed by atoms with Gasteiger partial charge in [-0.15, -0.1) is 0 Å². The van der Waals surface area contributed by atoms with Crippen molar-refractivity contribution in [1.29, 1.82) is 0 Å². The molecule has 1 aromatic rings. The summed E-state index contributed by atoms with van der Waals surface area (Å²) < 4.78 is 40.5. The third kappa shape index (κ3) is 4.08. The van der Waals surface area contributed by atoms with E-state index in [2.05, 4.69) is 4.98 Å². The van der Waals surface area contributed by atoms with Gasteiger partial charge in [0.25, 0.3) is 5.91 Å². The number of hydrogen-bond acceptors (Lipinski definition) is 6. The molecule has 0 aliphatic carbocycles. The predicted octanol–water partition coefficient (Wildman–Crippen LogP) is 0.562. The molecular weight excluding hydrogens is 396 g/mol. The number of morpholine rings is 1. The first-order valence-corrected chi connectivity index (χ1v) is 12.1. The van der Waals surface area contributed by atoms with Gasteiger partial charge >= 0.3 is 0 Å². The number of rotatable bonds is 5. The fourth-order valence-electron chi connectivity index (χ4n) is 4.44. The second-order valence-corrected chi connectivity index (χ2v) is 10.1. The van der Waals surface area contributed by atoms with E-state index in [1.54, 1.807) is 15.4 Å². The van der Waals surface area contributed by atoms with E-state index in [0.29, 0.717) is 65.2 Å². The van der Waals surface area contributed by atoms with Gasteiger partial charge in [0.05, 0.1) is 25.5 Å². The van der Waals surface area contributed by atoms with Gasteiger partial charge in [0.15, 0.2) is 6.10 Å². The smallest absolute Gasteiger partial charge is 0.253 e. The molecule has 162 valence electrons. The first kappa shape index (κ1) is 20.8. The molecule has 29 heavy (non-hydrogen) atoms. The molecule has 1 aromatic heterocycles. The number of hydrogen-bond donors (Lipinski definition) is 0. The van der Waals surface area contributed by atoms with Crippen molar-refractivity contribution in [2.45, 2.75) is 50.9 Å². The summed E-state index contributed by atoms with van der Waals surface area (Å²) in [5.41, 5.74) is -0.717. The third-order valence-corrected chi connectivity index (χ3v) is 8.09. The lowest BCUT2D eigenvalue weighted by atomic mass is 9.89. The lowest BCUT2D eigenvalue weighted by molar-refractivity contribution is -0.181. The van der Waals surface area contributed by atoms with Crippen molar-refractivity contribution in [2.24, 2.45) is 0 Å². The zero-order valence-electron chi connectivity index (χ0n) is 17.0. The van der Waals surface area contributed by atoms with Gasteiger partial charge in [-0.05, 0) is 19.3 Å². The van der Waals surface area contributed by atoms with Gasteiger partial charge in [0, 0.05) is 38.6 Å². The number of piperidine rings is 1. The highest BCUT2D eigenvalue weighted by Crippen LogP contribution is 2.41. The molecular formula is C19H30N4O5S. The minimum atomic E-state index is -3.25. The summed E-state index contributed by atoms with van der Waals surface area (Å²) >= 11 is 0. The molecule has 4 rings (SSSR count). The Morgan fingerprint density at radius 1 is 1.24 bits per heavy atom. The van der Waals surface area contributed by atoms with Crippen molar-refractivity contribution >= 4 is 15.9 Å². The maximum atomic E-state index is 13.1. The van der Waals surface area contributed by atoms with E-state index in [4.69, 9.17) is 9.47 Å². The highest BCUT2D eigenvalue weighted by molar-refractivity contribution is 7.89. The van der Waals surface area contributed by atoms with Gasteiger partial charge < -0.3 is 18.9 Å². The molecule has 1 amide bonds. The molecule has 0 aromatic carbocycles. The Morgan fingerprint density at radius 3 is 2.66 bits per heavy atom. The Morgan fingerprint density at radius 2 is 1.97 bits per heavy atom. The molecule has 0 N–H and O–H groups in total. The fourth-order valence-corrected chi connectivity index (χ4v) is 6.09. The van der Waals surface area contributed by atoms with Crippen molar-refractivity contribution in [2.75, 3.05) is 45.1 Å². The molecule has 3 aliphatic rings. The maximum absolute atomic E-state index is 13.1. The molecule has 1 atom stereocenters. The summed E-state index contributed by atoms with van der Waals surface area (Å²) in [6, 6.07) is 0. The van der Waals surface area contributed by atoms with Gasteiger partial charge in [-0.3, -0.25) is 4.79 Å². The highest BCUT2D eigenvalue weighted by atomic mass is 32.2. The van der Waals surface area contributed by atoms with Gasteiger partial charge in [0.1, 0.15) is 11.4 Å². The number of sulfonamides is 1. The zero-order chi connectivity index (χ0) is 20.5. The Balaban J connectivity index is 1.50. The number of ether oxygens (including phenoxy) is 2. The number of amides is 1. The number of carbonyl (C=O) groups excluding carboxylic acids is 1. The number of carbonyl (C=O) groups is 1. The van der Waals surface area contributed by atoms with Crippen LogP contribution >= 0.6 is 0 Å². The minimum Gasteiger partial charge on any atom is -0.378 e. The van der Waals surface area contributed by atoms with Crippen molar-refractivity contribution in [3.8, 4) is 0 Å². The van der Waals surface area contributed by atoms with E-state index >= 15 is 0 Å².